The number of sulfonamides is 1. The summed E-state index contributed by atoms with van der Waals surface area (Å²) in [6, 6.07) is 6.37. The minimum Gasteiger partial charge on any atom is -0.399 e. The van der Waals surface area contributed by atoms with E-state index in [9.17, 15) is 8.42 Å². The molecule has 0 radical (unpaired) electrons. The van der Waals surface area contributed by atoms with Gasteiger partial charge in [0.05, 0.1) is 17.4 Å². The second kappa shape index (κ2) is 5.38. The van der Waals surface area contributed by atoms with Crippen LogP contribution in [0.25, 0.3) is 0 Å². The predicted molar refractivity (Wildman–Crippen MR) is 70.2 cm³/mol. The van der Waals surface area contributed by atoms with Crippen molar-refractivity contribution in [2.75, 3.05) is 12.8 Å². The van der Waals surface area contributed by atoms with E-state index in [4.69, 9.17) is 11.0 Å². The van der Waals surface area contributed by atoms with Crippen LogP contribution >= 0.6 is 0 Å². The topological polar surface area (TPSA) is 87.2 Å². The van der Waals surface area contributed by atoms with Crippen molar-refractivity contribution in [1.29, 1.82) is 5.26 Å². The molecule has 1 atom stereocenters. The first-order chi connectivity index (χ1) is 8.30. The highest BCUT2D eigenvalue weighted by Crippen LogP contribution is 2.23. The lowest BCUT2D eigenvalue weighted by atomic mass is 10.2. The maximum absolute atomic E-state index is 12.4. The first-order valence-electron chi connectivity index (χ1n) is 5.51. The van der Waals surface area contributed by atoms with Gasteiger partial charge < -0.3 is 5.73 Å². The third-order valence-corrected chi connectivity index (χ3v) is 4.99. The first kappa shape index (κ1) is 14.5. The van der Waals surface area contributed by atoms with Crippen molar-refractivity contribution in [2.24, 2.45) is 0 Å². The molecule has 18 heavy (non-hydrogen) atoms. The monoisotopic (exact) mass is 267 g/mol. The van der Waals surface area contributed by atoms with Crippen LogP contribution in [0.5, 0.6) is 0 Å². The second-order valence-electron chi connectivity index (χ2n) is 4.26. The molecule has 0 fully saturated rings. The molecular formula is C12H17N3O2S. The highest BCUT2D eigenvalue weighted by atomic mass is 32.2. The highest BCUT2D eigenvalue weighted by molar-refractivity contribution is 7.89. The number of rotatable bonds is 4. The van der Waals surface area contributed by atoms with Crippen LogP contribution in [0, 0.1) is 18.3 Å². The lowest BCUT2D eigenvalue weighted by molar-refractivity contribution is 0.393. The number of anilines is 1. The fourth-order valence-corrected chi connectivity index (χ4v) is 3.17. The number of nitrogens with zero attached hydrogens (tertiary/aromatic N) is 2. The molecule has 0 aliphatic rings. The third kappa shape index (κ3) is 2.81. The Bertz CT molecular complexity index is 575. The molecule has 0 aliphatic carbocycles. The Balaban J connectivity index is 3.22. The smallest absolute Gasteiger partial charge is 0.243 e. The van der Waals surface area contributed by atoms with Crippen LogP contribution in [0.3, 0.4) is 0 Å². The van der Waals surface area contributed by atoms with Crippen LogP contribution in [0.4, 0.5) is 5.69 Å². The van der Waals surface area contributed by atoms with Gasteiger partial charge in [0.1, 0.15) is 0 Å². The zero-order valence-electron chi connectivity index (χ0n) is 10.7. The zero-order valence-corrected chi connectivity index (χ0v) is 11.5. The van der Waals surface area contributed by atoms with E-state index in [1.54, 1.807) is 26.0 Å². The molecule has 0 saturated heterocycles. The lowest BCUT2D eigenvalue weighted by Gasteiger charge is -2.23. The van der Waals surface area contributed by atoms with Gasteiger partial charge in [0.15, 0.2) is 0 Å². The van der Waals surface area contributed by atoms with Crippen LogP contribution in [-0.2, 0) is 10.0 Å². The van der Waals surface area contributed by atoms with Crippen molar-refractivity contribution in [1.82, 2.24) is 4.31 Å². The Morgan fingerprint density at radius 2 is 2.11 bits per heavy atom. The van der Waals surface area contributed by atoms with Crippen molar-refractivity contribution in [3.05, 3.63) is 23.8 Å². The minimum absolute atomic E-state index is 0.150. The summed E-state index contributed by atoms with van der Waals surface area (Å²) in [4.78, 5) is 0.190. The van der Waals surface area contributed by atoms with Gasteiger partial charge in [-0.1, -0.05) is 6.07 Å². The molecule has 0 heterocycles. The summed E-state index contributed by atoms with van der Waals surface area (Å²) in [6.07, 6.45) is 0.150. The normalized spacial score (nSPS) is 13.3. The molecule has 0 aromatic heterocycles. The predicted octanol–water partition coefficient (Wildman–Crippen LogP) is 1.50. The number of nitrogens with two attached hydrogens (primary N) is 1. The van der Waals surface area contributed by atoms with Crippen molar-refractivity contribution in [2.45, 2.75) is 31.2 Å². The Kier molecular flexibility index (Phi) is 4.33. The molecule has 0 spiro atoms. The number of hydrogen-bond donors (Lipinski definition) is 1. The Hall–Kier alpha value is -1.58. The summed E-state index contributed by atoms with van der Waals surface area (Å²) in [5.41, 5.74) is 6.67. The number of hydrogen-bond acceptors (Lipinski definition) is 4. The van der Waals surface area contributed by atoms with Gasteiger partial charge in [0.2, 0.25) is 10.0 Å². The van der Waals surface area contributed by atoms with E-state index in [0.717, 1.165) is 0 Å². The summed E-state index contributed by atoms with van der Waals surface area (Å²) in [5, 5.41) is 8.63. The van der Waals surface area contributed by atoms with Gasteiger partial charge in [-0.3, -0.25) is 0 Å². The van der Waals surface area contributed by atoms with Gasteiger partial charge in [-0.05, 0) is 31.5 Å². The fourth-order valence-electron chi connectivity index (χ4n) is 1.55. The van der Waals surface area contributed by atoms with Crippen LogP contribution < -0.4 is 5.73 Å². The molecular weight excluding hydrogens is 250 g/mol. The summed E-state index contributed by atoms with van der Waals surface area (Å²) >= 11 is 0. The van der Waals surface area contributed by atoms with Crippen molar-refractivity contribution in [3.63, 3.8) is 0 Å². The number of aryl methyl sites for hydroxylation is 1. The number of benzene rings is 1. The molecule has 1 rings (SSSR count). The summed E-state index contributed by atoms with van der Waals surface area (Å²) in [5.74, 6) is 0. The van der Waals surface area contributed by atoms with Crippen molar-refractivity contribution in [3.8, 4) is 6.07 Å². The van der Waals surface area contributed by atoms with Crippen LogP contribution in [-0.4, -0.2) is 25.8 Å². The van der Waals surface area contributed by atoms with Gasteiger partial charge >= 0.3 is 0 Å². The zero-order chi connectivity index (χ0) is 13.9. The maximum atomic E-state index is 12.4. The lowest BCUT2D eigenvalue weighted by Crippen LogP contribution is -2.35. The van der Waals surface area contributed by atoms with E-state index in [1.807, 2.05) is 6.07 Å². The molecule has 0 amide bonds. The summed E-state index contributed by atoms with van der Waals surface area (Å²) in [6.45, 7) is 3.41. The van der Waals surface area contributed by atoms with Gasteiger partial charge in [0.25, 0.3) is 0 Å². The number of nitriles is 1. The highest BCUT2D eigenvalue weighted by Gasteiger charge is 2.26. The van der Waals surface area contributed by atoms with Crippen molar-refractivity contribution < 1.29 is 8.42 Å². The Labute approximate surface area is 108 Å². The van der Waals surface area contributed by atoms with Gasteiger partial charge in [0, 0.05) is 18.8 Å². The van der Waals surface area contributed by atoms with Crippen LogP contribution in [0.15, 0.2) is 23.1 Å². The van der Waals surface area contributed by atoms with Gasteiger partial charge in [-0.25, -0.2) is 8.42 Å². The Morgan fingerprint density at radius 1 is 1.50 bits per heavy atom. The van der Waals surface area contributed by atoms with Gasteiger partial charge in [-0.15, -0.1) is 0 Å². The largest absolute Gasteiger partial charge is 0.399 e. The van der Waals surface area contributed by atoms with E-state index < -0.39 is 10.0 Å². The van der Waals surface area contributed by atoms with E-state index in [0.29, 0.717) is 11.3 Å². The summed E-state index contributed by atoms with van der Waals surface area (Å²) < 4.78 is 26.0. The van der Waals surface area contributed by atoms with Crippen LogP contribution in [0.1, 0.15) is 18.9 Å². The second-order valence-corrected chi connectivity index (χ2v) is 6.22. The molecule has 0 saturated carbocycles. The number of nitrogen functional groups attached to an aromatic ring is 1. The maximum Gasteiger partial charge on any atom is 0.243 e. The van der Waals surface area contributed by atoms with E-state index in [1.165, 1.54) is 17.4 Å². The molecule has 98 valence electrons. The average molecular weight is 267 g/mol. The molecule has 2 N–H and O–H groups in total. The first-order valence-corrected chi connectivity index (χ1v) is 6.95. The molecule has 1 aromatic carbocycles. The minimum atomic E-state index is -3.61. The molecule has 0 bridgehead atoms. The molecule has 1 aromatic rings. The average Bonchev–Trinajstić information content (AvgIpc) is 2.31. The fraction of sp³-hybridized carbons (Fsp3) is 0.417. The SMILES string of the molecule is Cc1ccc(N)cc1S(=O)(=O)N(C)C(C)CC#N. The van der Waals surface area contributed by atoms with E-state index >= 15 is 0 Å². The van der Waals surface area contributed by atoms with Crippen LogP contribution in [0.2, 0.25) is 0 Å². The third-order valence-electron chi connectivity index (χ3n) is 2.88. The summed E-state index contributed by atoms with van der Waals surface area (Å²) in [7, 11) is -2.14. The molecule has 6 heteroatoms. The van der Waals surface area contributed by atoms with Crippen molar-refractivity contribution >= 4 is 15.7 Å². The molecule has 5 nitrogen and oxygen atoms in total. The molecule has 1 unspecified atom stereocenters. The van der Waals surface area contributed by atoms with E-state index in [2.05, 4.69) is 0 Å². The molecule has 0 aliphatic heterocycles. The Morgan fingerprint density at radius 3 is 2.67 bits per heavy atom. The van der Waals surface area contributed by atoms with Gasteiger partial charge in [-0.2, -0.15) is 9.57 Å². The van der Waals surface area contributed by atoms with E-state index in [-0.39, 0.29) is 17.4 Å². The standard InChI is InChI=1S/C12H17N3O2S/c1-9-4-5-11(14)8-12(9)18(16,17)15(3)10(2)6-7-13/h4-5,8,10H,6,14H2,1-3H3. The quantitative estimate of drug-likeness (QED) is 0.837.